The second-order valence-electron chi connectivity index (χ2n) is 0. The van der Waals surface area contributed by atoms with Crippen LogP contribution in [0.25, 0.3) is 0 Å². The molecular formula is CNTaTi-. The van der Waals surface area contributed by atoms with Gasteiger partial charge in [-0.05, 0) is 0 Å². The van der Waals surface area contributed by atoms with Crippen molar-refractivity contribution in [1.82, 2.24) is 0 Å². The van der Waals surface area contributed by atoms with Crippen LogP contribution in [0.2, 0.25) is 0 Å². The van der Waals surface area contributed by atoms with Gasteiger partial charge in [-0.2, -0.15) is 0 Å². The molecule has 1 nitrogen and oxygen atoms in total. The van der Waals surface area contributed by atoms with E-state index in [4.69, 9.17) is 11.8 Å². The summed E-state index contributed by atoms with van der Waals surface area (Å²) >= 11 is 0. The van der Waals surface area contributed by atoms with Crippen LogP contribution in [0.3, 0.4) is 0 Å². The Morgan fingerprint density at radius 2 is 1.25 bits per heavy atom. The molecule has 0 aromatic heterocycles. The van der Waals surface area contributed by atoms with Gasteiger partial charge in [0.2, 0.25) is 0 Å². The van der Waals surface area contributed by atoms with Crippen molar-refractivity contribution in [3.8, 4) is 0 Å². The minimum Gasteiger partial charge on any atom is -0.512 e. The van der Waals surface area contributed by atoms with Gasteiger partial charge in [0.05, 0.1) is 0 Å². The van der Waals surface area contributed by atoms with Crippen LogP contribution in [-0.2, 0) is 44.1 Å². The van der Waals surface area contributed by atoms with E-state index in [0.29, 0.717) is 0 Å². The van der Waals surface area contributed by atoms with Crippen LogP contribution in [0.15, 0.2) is 0 Å². The van der Waals surface area contributed by atoms with Crippen LogP contribution in [0, 0.1) is 11.8 Å². The van der Waals surface area contributed by atoms with Crippen LogP contribution >= 0.6 is 0 Å². The first-order valence-electron chi connectivity index (χ1n) is 0.224. The summed E-state index contributed by atoms with van der Waals surface area (Å²) in [5.74, 6) is 0. The zero-order valence-corrected chi connectivity index (χ0v) is 6.67. The maximum Gasteiger partial charge on any atom is 0 e. The molecular weight excluding hydrogens is 255 g/mol. The summed E-state index contributed by atoms with van der Waals surface area (Å²) in [4.78, 5) is 0. The summed E-state index contributed by atoms with van der Waals surface area (Å²) in [5.41, 5.74) is 0. The predicted molar refractivity (Wildman–Crippen MR) is 4.97 cm³/mol. The molecule has 0 aliphatic heterocycles. The van der Waals surface area contributed by atoms with Crippen molar-refractivity contribution in [2.45, 2.75) is 0 Å². The molecule has 0 aromatic carbocycles. The molecule has 0 spiro atoms. The number of hydrogen-bond donors (Lipinski definition) is 0. The summed E-state index contributed by atoms with van der Waals surface area (Å²) in [6, 6.07) is 0. The Kier molecular flexibility index (Phi) is 195. The molecule has 1 radical (unpaired) electrons. The van der Waals surface area contributed by atoms with Crippen molar-refractivity contribution >= 4 is 0 Å². The van der Waals surface area contributed by atoms with E-state index in [9.17, 15) is 0 Å². The summed E-state index contributed by atoms with van der Waals surface area (Å²) in [7, 11) is 0. The molecule has 0 saturated heterocycles. The topological polar surface area (TPSA) is 23.8 Å². The average Bonchev–Trinajstić information content (AvgIpc) is 1.00. The summed E-state index contributed by atoms with van der Waals surface area (Å²) in [6.45, 7) is 4.75. The van der Waals surface area contributed by atoms with Gasteiger partial charge >= 0.3 is 0 Å². The molecule has 0 N–H and O–H groups in total. The third-order valence-corrected chi connectivity index (χ3v) is 0. The van der Waals surface area contributed by atoms with E-state index in [-0.39, 0.29) is 44.1 Å². The minimum absolute atomic E-state index is 0. The van der Waals surface area contributed by atoms with E-state index in [0.717, 1.165) is 0 Å². The molecule has 0 atom stereocenters. The van der Waals surface area contributed by atoms with E-state index in [1.807, 2.05) is 0 Å². The Bertz CT molecular complexity index is 12.8. The standard InChI is InChI=1S/CN.Ta.Ti/c1-2;;/q-1;;. The Morgan fingerprint density at radius 1 is 1.25 bits per heavy atom. The largest absolute Gasteiger partial charge is 0.512 e. The van der Waals surface area contributed by atoms with Gasteiger partial charge in [-0.15, -0.1) is 0 Å². The Labute approximate surface area is 55.8 Å². The molecule has 0 aliphatic carbocycles. The summed E-state index contributed by atoms with van der Waals surface area (Å²) < 4.78 is 0. The van der Waals surface area contributed by atoms with Gasteiger partial charge in [-0.1, -0.05) is 0 Å². The molecule has 19 valence electrons. The first-order valence-corrected chi connectivity index (χ1v) is 0.224. The molecule has 0 amide bonds. The second kappa shape index (κ2) is 38.3. The Morgan fingerprint density at radius 3 is 1.25 bits per heavy atom. The van der Waals surface area contributed by atoms with E-state index >= 15 is 0 Å². The predicted octanol–water partition coefficient (Wildman–Crippen LogP) is 0.0914. The molecule has 0 fully saturated rings. The van der Waals surface area contributed by atoms with Crippen molar-refractivity contribution in [2.75, 3.05) is 0 Å². The SMILES string of the molecule is [C-]#N.[Ta].[Ti]. The molecule has 4 heavy (non-hydrogen) atoms. The van der Waals surface area contributed by atoms with Gasteiger partial charge in [0, 0.05) is 44.1 Å². The van der Waals surface area contributed by atoms with Crippen LogP contribution in [0.1, 0.15) is 0 Å². The number of nitrogens with zero attached hydrogens (tertiary/aromatic N) is 1. The van der Waals surface area contributed by atoms with Crippen molar-refractivity contribution in [2.24, 2.45) is 0 Å². The van der Waals surface area contributed by atoms with E-state index in [1.54, 1.807) is 0 Å². The first kappa shape index (κ1) is 20.3. The number of rotatable bonds is 0. The fourth-order valence-electron chi connectivity index (χ4n) is 0. The maximum atomic E-state index is 6.25. The van der Waals surface area contributed by atoms with E-state index in [1.165, 1.54) is 0 Å². The minimum atomic E-state index is 0. The maximum absolute atomic E-state index is 6.25. The Hall–Kier alpha value is 0.945. The average molecular weight is 255 g/mol. The molecule has 0 rings (SSSR count). The fraction of sp³-hybridized carbons (Fsp3) is 0. The van der Waals surface area contributed by atoms with Crippen molar-refractivity contribution in [3.63, 3.8) is 0 Å². The molecule has 0 unspecified atom stereocenters. The molecule has 3 heteroatoms. The third-order valence-electron chi connectivity index (χ3n) is 0. The second-order valence-corrected chi connectivity index (χ2v) is 0. The third kappa shape index (κ3) is 12.5. The van der Waals surface area contributed by atoms with Crippen molar-refractivity contribution < 1.29 is 44.1 Å². The van der Waals surface area contributed by atoms with Crippen molar-refractivity contribution in [1.29, 1.82) is 5.26 Å². The van der Waals surface area contributed by atoms with Crippen molar-refractivity contribution in [3.05, 3.63) is 6.57 Å². The van der Waals surface area contributed by atoms with Crippen LogP contribution in [-0.4, -0.2) is 0 Å². The summed E-state index contributed by atoms with van der Waals surface area (Å²) in [6.07, 6.45) is 0. The van der Waals surface area contributed by atoms with E-state index in [2.05, 4.69) is 0 Å². The zero-order valence-electron chi connectivity index (χ0n) is 1.89. The number of hydrogen-bond acceptors (Lipinski definition) is 1. The van der Waals surface area contributed by atoms with Gasteiger partial charge in [0.15, 0.2) is 0 Å². The van der Waals surface area contributed by atoms with Gasteiger partial charge < -0.3 is 11.8 Å². The molecule has 0 saturated carbocycles. The summed E-state index contributed by atoms with van der Waals surface area (Å²) in [5, 5.41) is 6.25. The molecule has 0 aromatic rings. The van der Waals surface area contributed by atoms with Gasteiger partial charge in [0.25, 0.3) is 0 Å². The van der Waals surface area contributed by atoms with Crippen LogP contribution in [0.5, 0.6) is 0 Å². The van der Waals surface area contributed by atoms with Gasteiger partial charge in [-0.25, -0.2) is 0 Å². The van der Waals surface area contributed by atoms with Crippen LogP contribution in [0.4, 0.5) is 0 Å². The molecule has 0 heterocycles. The van der Waals surface area contributed by atoms with Gasteiger partial charge in [-0.3, -0.25) is 0 Å². The normalized spacial score (nSPS) is 0.500. The monoisotopic (exact) mass is 255 g/mol. The zero-order chi connectivity index (χ0) is 2.00. The first-order chi connectivity index (χ1) is 1.00. The van der Waals surface area contributed by atoms with E-state index < -0.39 is 0 Å². The molecule has 0 bridgehead atoms. The van der Waals surface area contributed by atoms with Gasteiger partial charge in [0.1, 0.15) is 0 Å². The fourth-order valence-corrected chi connectivity index (χ4v) is 0. The quantitative estimate of drug-likeness (QED) is 0.444. The Balaban J connectivity index is -0.00000000500. The smallest absolute Gasteiger partial charge is 0 e. The van der Waals surface area contributed by atoms with Crippen LogP contribution < -0.4 is 0 Å². The molecule has 0 aliphatic rings.